The molecule has 0 aliphatic carbocycles. The first-order valence-corrected chi connectivity index (χ1v) is 8.59. The first-order chi connectivity index (χ1) is 12.9. The Morgan fingerprint density at radius 3 is 2.67 bits per heavy atom. The van der Waals surface area contributed by atoms with Crippen molar-refractivity contribution in [3.05, 3.63) is 82.6 Å². The van der Waals surface area contributed by atoms with Crippen molar-refractivity contribution < 1.29 is 13.6 Å². The Kier molecular flexibility index (Phi) is 5.71. The second-order valence-corrected chi connectivity index (χ2v) is 6.42. The molecule has 140 valence electrons. The van der Waals surface area contributed by atoms with E-state index >= 15 is 0 Å². The molecule has 0 saturated heterocycles. The van der Waals surface area contributed by atoms with Gasteiger partial charge in [0.25, 0.3) is 0 Å². The SMILES string of the molecule is CC(NC(=O)NCc1cnn(-c2ccc(Cl)cc2)c1)c1ccc(F)cc1F. The van der Waals surface area contributed by atoms with Gasteiger partial charge in [-0.05, 0) is 37.3 Å². The first-order valence-electron chi connectivity index (χ1n) is 8.21. The van der Waals surface area contributed by atoms with Crippen molar-refractivity contribution >= 4 is 17.6 Å². The molecular formula is C19H17ClF2N4O. The van der Waals surface area contributed by atoms with E-state index in [1.807, 2.05) is 12.1 Å². The Labute approximate surface area is 160 Å². The number of hydrogen-bond acceptors (Lipinski definition) is 2. The molecule has 0 saturated carbocycles. The number of nitrogens with one attached hydrogen (secondary N) is 2. The summed E-state index contributed by atoms with van der Waals surface area (Å²) >= 11 is 5.87. The molecule has 1 atom stereocenters. The Balaban J connectivity index is 1.55. The average Bonchev–Trinajstić information content (AvgIpc) is 3.09. The third-order valence-corrected chi connectivity index (χ3v) is 4.21. The van der Waals surface area contributed by atoms with E-state index in [0.717, 1.165) is 23.4 Å². The van der Waals surface area contributed by atoms with Crippen LogP contribution in [0.25, 0.3) is 5.69 Å². The number of benzene rings is 2. The summed E-state index contributed by atoms with van der Waals surface area (Å²) in [5.74, 6) is -1.36. The molecule has 0 spiro atoms. The standard InChI is InChI=1S/C19H17ClF2N4O/c1-12(17-7-4-15(21)8-18(17)22)25-19(27)23-9-13-10-24-26(11-13)16-5-2-14(20)3-6-16/h2-8,10-12H,9H2,1H3,(H2,23,25,27). The van der Waals surface area contributed by atoms with Gasteiger partial charge in [-0.25, -0.2) is 18.3 Å². The normalized spacial score (nSPS) is 11.9. The third kappa shape index (κ3) is 4.83. The molecule has 3 rings (SSSR count). The number of nitrogens with zero attached hydrogens (tertiary/aromatic N) is 2. The number of carbonyl (C=O) groups excluding carboxylic acids is 1. The van der Waals surface area contributed by atoms with Gasteiger partial charge in [-0.1, -0.05) is 17.7 Å². The summed E-state index contributed by atoms with van der Waals surface area (Å²) in [7, 11) is 0. The van der Waals surface area contributed by atoms with Gasteiger partial charge in [0.2, 0.25) is 0 Å². The second-order valence-electron chi connectivity index (χ2n) is 5.98. The maximum atomic E-state index is 13.8. The highest BCUT2D eigenvalue weighted by Crippen LogP contribution is 2.17. The van der Waals surface area contributed by atoms with Gasteiger partial charge in [-0.2, -0.15) is 5.10 Å². The van der Waals surface area contributed by atoms with Crippen LogP contribution in [-0.2, 0) is 6.54 Å². The Morgan fingerprint density at radius 1 is 1.22 bits per heavy atom. The highest BCUT2D eigenvalue weighted by molar-refractivity contribution is 6.30. The van der Waals surface area contributed by atoms with E-state index in [-0.39, 0.29) is 12.1 Å². The number of carbonyl (C=O) groups is 1. The van der Waals surface area contributed by atoms with Gasteiger partial charge in [0, 0.05) is 35.0 Å². The maximum Gasteiger partial charge on any atom is 0.315 e. The van der Waals surface area contributed by atoms with Crippen LogP contribution in [0.3, 0.4) is 0 Å². The maximum absolute atomic E-state index is 13.8. The smallest absolute Gasteiger partial charge is 0.315 e. The van der Waals surface area contributed by atoms with E-state index in [1.165, 1.54) is 6.07 Å². The molecule has 2 aromatic carbocycles. The lowest BCUT2D eigenvalue weighted by atomic mass is 10.1. The lowest BCUT2D eigenvalue weighted by Gasteiger charge is -2.15. The van der Waals surface area contributed by atoms with Crippen molar-refractivity contribution in [2.75, 3.05) is 0 Å². The van der Waals surface area contributed by atoms with Gasteiger partial charge < -0.3 is 10.6 Å². The predicted molar refractivity (Wildman–Crippen MR) is 98.7 cm³/mol. The molecule has 2 amide bonds. The van der Waals surface area contributed by atoms with Crippen LogP contribution < -0.4 is 10.6 Å². The molecule has 5 nitrogen and oxygen atoms in total. The van der Waals surface area contributed by atoms with Gasteiger partial charge in [-0.3, -0.25) is 0 Å². The van der Waals surface area contributed by atoms with E-state index in [1.54, 1.807) is 36.1 Å². The molecule has 0 aliphatic rings. The van der Waals surface area contributed by atoms with Crippen LogP contribution in [0.4, 0.5) is 13.6 Å². The summed E-state index contributed by atoms with van der Waals surface area (Å²) in [5, 5.41) is 10.2. The third-order valence-electron chi connectivity index (χ3n) is 3.96. The number of urea groups is 1. The van der Waals surface area contributed by atoms with Gasteiger partial charge in [-0.15, -0.1) is 0 Å². The highest BCUT2D eigenvalue weighted by Gasteiger charge is 2.14. The van der Waals surface area contributed by atoms with Crippen LogP contribution in [-0.4, -0.2) is 15.8 Å². The largest absolute Gasteiger partial charge is 0.334 e. The minimum atomic E-state index is -0.702. The molecule has 27 heavy (non-hydrogen) atoms. The molecule has 0 fully saturated rings. The Bertz CT molecular complexity index is 943. The van der Waals surface area contributed by atoms with Crippen LogP contribution >= 0.6 is 11.6 Å². The number of aromatic nitrogens is 2. The molecule has 0 bridgehead atoms. The minimum Gasteiger partial charge on any atom is -0.334 e. The summed E-state index contributed by atoms with van der Waals surface area (Å²) < 4.78 is 28.4. The fourth-order valence-electron chi connectivity index (χ4n) is 2.55. The number of halogens is 3. The van der Waals surface area contributed by atoms with E-state index in [4.69, 9.17) is 11.6 Å². The zero-order valence-corrected chi connectivity index (χ0v) is 15.2. The Hall–Kier alpha value is -2.93. The van der Waals surface area contributed by atoms with Crippen LogP contribution in [0.5, 0.6) is 0 Å². The summed E-state index contributed by atoms with van der Waals surface area (Å²) in [6, 6.07) is 9.37. The summed E-state index contributed by atoms with van der Waals surface area (Å²) in [5.41, 5.74) is 1.85. The van der Waals surface area contributed by atoms with E-state index in [9.17, 15) is 13.6 Å². The van der Waals surface area contributed by atoms with Gasteiger partial charge in [0.15, 0.2) is 0 Å². The molecule has 1 heterocycles. The quantitative estimate of drug-likeness (QED) is 0.679. The van der Waals surface area contributed by atoms with Crippen LogP contribution in [0, 0.1) is 11.6 Å². The summed E-state index contributed by atoms with van der Waals surface area (Å²) in [6.45, 7) is 1.87. The predicted octanol–water partition coefficient (Wildman–Crippen LogP) is 4.36. The van der Waals surface area contributed by atoms with Crippen molar-refractivity contribution in [2.45, 2.75) is 19.5 Å². The van der Waals surface area contributed by atoms with Crippen molar-refractivity contribution in [1.82, 2.24) is 20.4 Å². The zero-order valence-electron chi connectivity index (χ0n) is 14.4. The van der Waals surface area contributed by atoms with Gasteiger partial charge in [0.1, 0.15) is 11.6 Å². The van der Waals surface area contributed by atoms with Crippen molar-refractivity contribution in [2.24, 2.45) is 0 Å². The molecule has 8 heteroatoms. The number of rotatable bonds is 5. The van der Waals surface area contributed by atoms with E-state index in [2.05, 4.69) is 15.7 Å². The minimum absolute atomic E-state index is 0.210. The first kappa shape index (κ1) is 18.8. The van der Waals surface area contributed by atoms with E-state index in [0.29, 0.717) is 5.02 Å². The van der Waals surface area contributed by atoms with Gasteiger partial charge >= 0.3 is 6.03 Å². The number of amides is 2. The van der Waals surface area contributed by atoms with Crippen molar-refractivity contribution in [1.29, 1.82) is 0 Å². The summed E-state index contributed by atoms with van der Waals surface area (Å²) in [6.07, 6.45) is 3.42. The van der Waals surface area contributed by atoms with E-state index < -0.39 is 23.7 Å². The molecule has 3 aromatic rings. The average molecular weight is 391 g/mol. The highest BCUT2D eigenvalue weighted by atomic mass is 35.5. The van der Waals surface area contributed by atoms with Crippen LogP contribution in [0.1, 0.15) is 24.1 Å². The lowest BCUT2D eigenvalue weighted by Crippen LogP contribution is -2.36. The van der Waals surface area contributed by atoms with Gasteiger partial charge in [0.05, 0.1) is 17.9 Å². The summed E-state index contributed by atoms with van der Waals surface area (Å²) in [4.78, 5) is 12.0. The topological polar surface area (TPSA) is 59.0 Å². The van der Waals surface area contributed by atoms with Crippen molar-refractivity contribution in [3.8, 4) is 5.69 Å². The second kappa shape index (κ2) is 8.18. The van der Waals surface area contributed by atoms with Crippen LogP contribution in [0.2, 0.25) is 5.02 Å². The fraction of sp³-hybridized carbons (Fsp3) is 0.158. The lowest BCUT2D eigenvalue weighted by molar-refractivity contribution is 0.237. The molecular weight excluding hydrogens is 374 g/mol. The molecule has 1 aromatic heterocycles. The zero-order chi connectivity index (χ0) is 19.4. The molecule has 0 radical (unpaired) electrons. The molecule has 1 unspecified atom stereocenters. The monoisotopic (exact) mass is 390 g/mol. The van der Waals surface area contributed by atoms with Crippen LogP contribution in [0.15, 0.2) is 54.9 Å². The molecule has 0 aliphatic heterocycles. The fourth-order valence-corrected chi connectivity index (χ4v) is 2.67. The number of hydrogen-bond donors (Lipinski definition) is 2. The van der Waals surface area contributed by atoms with Crippen molar-refractivity contribution in [3.63, 3.8) is 0 Å². The molecule has 2 N–H and O–H groups in total. The Morgan fingerprint density at radius 2 is 1.96 bits per heavy atom.